The summed E-state index contributed by atoms with van der Waals surface area (Å²) in [6, 6.07) is 26.3. The molecule has 0 radical (unpaired) electrons. The van der Waals surface area contributed by atoms with E-state index in [4.69, 9.17) is 16.3 Å². The Hall–Kier alpha value is -4.62. The Bertz CT molecular complexity index is 1690. The van der Waals surface area contributed by atoms with E-state index in [1.807, 2.05) is 54.6 Å². The SMILES string of the molecule is Cc1cc(O)c(-c2n[nH]c3c2C(c2ccc(OCc4ccccc4)cc2)N(Cc2ccc(F)cc2)C3=O)cc1Cl. The minimum atomic E-state index is -0.524. The van der Waals surface area contributed by atoms with Crippen LogP contribution in [0.3, 0.4) is 0 Å². The topological polar surface area (TPSA) is 78.5 Å². The van der Waals surface area contributed by atoms with Crippen molar-refractivity contribution < 1.29 is 19.0 Å². The molecule has 1 atom stereocenters. The number of amides is 1. The molecule has 2 heterocycles. The van der Waals surface area contributed by atoms with E-state index >= 15 is 0 Å². The number of carbonyl (C=O) groups excluding carboxylic acids is 1. The minimum absolute atomic E-state index is 0.0176. The maximum absolute atomic E-state index is 13.7. The summed E-state index contributed by atoms with van der Waals surface area (Å²) in [5.74, 6) is 0.120. The molecule has 0 spiro atoms. The number of hydrogen-bond donors (Lipinski definition) is 2. The zero-order valence-electron chi connectivity index (χ0n) is 21.6. The number of phenols is 1. The van der Waals surface area contributed by atoms with Crippen LogP contribution in [0.15, 0.2) is 91.0 Å². The number of hydrogen-bond acceptors (Lipinski definition) is 4. The molecule has 0 saturated heterocycles. The van der Waals surface area contributed by atoms with E-state index in [2.05, 4.69) is 10.2 Å². The van der Waals surface area contributed by atoms with Crippen LogP contribution in [0.1, 0.15) is 44.3 Å². The van der Waals surface area contributed by atoms with Crippen LogP contribution in [0.25, 0.3) is 11.3 Å². The lowest BCUT2D eigenvalue weighted by molar-refractivity contribution is 0.0730. The maximum atomic E-state index is 13.7. The van der Waals surface area contributed by atoms with Crippen molar-refractivity contribution in [2.45, 2.75) is 26.1 Å². The predicted octanol–water partition coefficient (Wildman–Crippen LogP) is 7.21. The molecule has 0 fully saturated rings. The van der Waals surface area contributed by atoms with Gasteiger partial charge in [0.25, 0.3) is 5.91 Å². The first-order chi connectivity index (χ1) is 19.4. The van der Waals surface area contributed by atoms with E-state index in [0.717, 1.165) is 22.3 Å². The van der Waals surface area contributed by atoms with Crippen molar-refractivity contribution in [3.63, 3.8) is 0 Å². The Morgan fingerprint density at radius 1 is 1.00 bits per heavy atom. The van der Waals surface area contributed by atoms with E-state index in [1.165, 1.54) is 12.1 Å². The van der Waals surface area contributed by atoms with E-state index in [1.54, 1.807) is 36.1 Å². The van der Waals surface area contributed by atoms with Gasteiger partial charge in [-0.1, -0.05) is 66.2 Å². The Balaban J connectivity index is 1.39. The molecular weight excluding hydrogens is 529 g/mol. The van der Waals surface area contributed by atoms with Crippen molar-refractivity contribution >= 4 is 17.5 Å². The number of phenolic OH excluding ortho intramolecular Hbond substituents is 1. The van der Waals surface area contributed by atoms with Gasteiger partial charge in [0.2, 0.25) is 0 Å². The van der Waals surface area contributed by atoms with Crippen molar-refractivity contribution in [1.29, 1.82) is 0 Å². The summed E-state index contributed by atoms with van der Waals surface area (Å²) in [5, 5.41) is 18.6. The zero-order valence-corrected chi connectivity index (χ0v) is 22.3. The quantitative estimate of drug-likeness (QED) is 0.223. The van der Waals surface area contributed by atoms with Gasteiger partial charge < -0.3 is 14.7 Å². The highest BCUT2D eigenvalue weighted by molar-refractivity contribution is 6.31. The number of ether oxygens (including phenoxy) is 1. The fourth-order valence-electron chi connectivity index (χ4n) is 5.04. The second-order valence-electron chi connectivity index (χ2n) is 9.78. The van der Waals surface area contributed by atoms with Crippen molar-refractivity contribution in [3.05, 3.63) is 135 Å². The summed E-state index contributed by atoms with van der Waals surface area (Å²) in [4.78, 5) is 15.4. The van der Waals surface area contributed by atoms with Crippen LogP contribution in [0.2, 0.25) is 5.02 Å². The molecule has 8 heteroatoms. The monoisotopic (exact) mass is 553 g/mol. The lowest BCUT2D eigenvalue weighted by Crippen LogP contribution is -2.29. The fourth-order valence-corrected chi connectivity index (χ4v) is 5.20. The van der Waals surface area contributed by atoms with Gasteiger partial charge >= 0.3 is 0 Å². The van der Waals surface area contributed by atoms with Gasteiger partial charge in [0.05, 0.1) is 6.04 Å². The normalized spacial score (nSPS) is 14.4. The van der Waals surface area contributed by atoms with Crippen LogP contribution < -0.4 is 4.74 Å². The fraction of sp³-hybridized carbons (Fsp3) is 0.125. The molecule has 0 saturated carbocycles. The molecule has 1 aliphatic rings. The third-order valence-electron chi connectivity index (χ3n) is 7.11. The average Bonchev–Trinajstić information content (AvgIpc) is 3.50. The number of nitrogens with one attached hydrogen (secondary N) is 1. The number of nitrogens with zero attached hydrogens (tertiary/aromatic N) is 2. The molecule has 0 bridgehead atoms. The zero-order chi connectivity index (χ0) is 27.8. The van der Waals surface area contributed by atoms with Crippen LogP contribution in [0.5, 0.6) is 11.5 Å². The third-order valence-corrected chi connectivity index (χ3v) is 7.51. The Morgan fingerprint density at radius 2 is 1.73 bits per heavy atom. The van der Waals surface area contributed by atoms with E-state index in [0.29, 0.717) is 39.9 Å². The highest BCUT2D eigenvalue weighted by atomic mass is 35.5. The molecule has 200 valence electrons. The van der Waals surface area contributed by atoms with Gasteiger partial charge in [-0.15, -0.1) is 0 Å². The second-order valence-corrected chi connectivity index (χ2v) is 10.2. The summed E-state index contributed by atoms with van der Waals surface area (Å²) in [6.07, 6.45) is 0. The number of aromatic nitrogens is 2. The van der Waals surface area contributed by atoms with Crippen LogP contribution in [0.4, 0.5) is 4.39 Å². The number of fused-ring (bicyclic) bond motifs is 1. The smallest absolute Gasteiger partial charge is 0.273 e. The number of carbonyl (C=O) groups is 1. The predicted molar refractivity (Wildman–Crippen MR) is 151 cm³/mol. The molecule has 4 aromatic carbocycles. The maximum Gasteiger partial charge on any atom is 0.273 e. The molecule has 1 aliphatic heterocycles. The molecule has 1 amide bonds. The van der Waals surface area contributed by atoms with Crippen molar-refractivity contribution in [2.75, 3.05) is 0 Å². The highest BCUT2D eigenvalue weighted by Gasteiger charge is 2.42. The van der Waals surface area contributed by atoms with Gasteiger partial charge in [-0.2, -0.15) is 5.10 Å². The van der Waals surface area contributed by atoms with E-state index in [9.17, 15) is 14.3 Å². The largest absolute Gasteiger partial charge is 0.507 e. The molecule has 0 aliphatic carbocycles. The van der Waals surface area contributed by atoms with Gasteiger partial charge in [-0.25, -0.2) is 4.39 Å². The van der Waals surface area contributed by atoms with E-state index in [-0.39, 0.29) is 24.0 Å². The number of rotatable bonds is 7. The van der Waals surface area contributed by atoms with Crippen molar-refractivity contribution in [2.24, 2.45) is 0 Å². The lowest BCUT2D eigenvalue weighted by Gasteiger charge is -2.27. The van der Waals surface area contributed by atoms with E-state index < -0.39 is 6.04 Å². The lowest BCUT2D eigenvalue weighted by atomic mass is 9.95. The Labute approximate surface area is 235 Å². The van der Waals surface area contributed by atoms with Crippen LogP contribution in [-0.2, 0) is 13.2 Å². The first-order valence-corrected chi connectivity index (χ1v) is 13.2. The van der Waals surface area contributed by atoms with Gasteiger partial charge in [0.15, 0.2) is 0 Å². The molecule has 6 rings (SSSR count). The van der Waals surface area contributed by atoms with Crippen molar-refractivity contribution in [1.82, 2.24) is 15.1 Å². The first kappa shape index (κ1) is 25.6. The number of halogens is 2. The van der Waals surface area contributed by atoms with Crippen LogP contribution in [0, 0.1) is 12.7 Å². The van der Waals surface area contributed by atoms with Gasteiger partial charge in [-0.05, 0) is 65.6 Å². The first-order valence-electron chi connectivity index (χ1n) is 12.8. The summed E-state index contributed by atoms with van der Waals surface area (Å²) in [6.45, 7) is 2.49. The molecule has 5 aromatic rings. The minimum Gasteiger partial charge on any atom is -0.507 e. The molecule has 1 aromatic heterocycles. The molecule has 1 unspecified atom stereocenters. The highest BCUT2D eigenvalue weighted by Crippen LogP contribution is 2.46. The Kier molecular flexibility index (Phi) is 6.74. The molecule has 40 heavy (non-hydrogen) atoms. The number of aromatic hydroxyl groups is 1. The number of H-pyrrole nitrogens is 1. The summed E-state index contributed by atoms with van der Waals surface area (Å²) in [7, 11) is 0. The summed E-state index contributed by atoms with van der Waals surface area (Å²) >= 11 is 6.40. The summed E-state index contributed by atoms with van der Waals surface area (Å²) < 4.78 is 19.6. The molecule has 2 N–H and O–H groups in total. The number of benzene rings is 4. The van der Waals surface area contributed by atoms with Crippen LogP contribution >= 0.6 is 11.6 Å². The van der Waals surface area contributed by atoms with Crippen LogP contribution in [-0.4, -0.2) is 26.1 Å². The Morgan fingerprint density at radius 3 is 2.45 bits per heavy atom. The third kappa shape index (κ3) is 4.80. The molecule has 6 nitrogen and oxygen atoms in total. The van der Waals surface area contributed by atoms with Crippen molar-refractivity contribution in [3.8, 4) is 22.8 Å². The average molecular weight is 554 g/mol. The van der Waals surface area contributed by atoms with Gasteiger partial charge in [-0.3, -0.25) is 9.89 Å². The standard InChI is InChI=1S/C32H25ClFN3O3/c1-19-15-27(38)25(16-26(19)33)29-28-30(36-35-29)32(39)37(17-20-7-11-23(34)12-8-20)31(28)22-9-13-24(14-10-22)40-18-21-5-3-2-4-6-21/h2-16,31,38H,17-18H2,1H3,(H,35,36). The van der Waals surface area contributed by atoms with Gasteiger partial charge in [0.1, 0.15) is 35.3 Å². The number of aryl methyl sites for hydroxylation is 1. The second kappa shape index (κ2) is 10.5. The summed E-state index contributed by atoms with van der Waals surface area (Å²) in [5.41, 5.74) is 5.25. The van der Waals surface area contributed by atoms with Gasteiger partial charge in [0, 0.05) is 22.7 Å². The number of aromatic amines is 1. The molecular formula is C32H25ClFN3O3.